The highest BCUT2D eigenvalue weighted by Crippen LogP contribution is 2.31. The molecule has 0 fully saturated rings. The Morgan fingerprint density at radius 3 is 2.48 bits per heavy atom. The van der Waals surface area contributed by atoms with Crippen LogP contribution in [0.1, 0.15) is 0 Å². The molecule has 6 heteroatoms. The van der Waals surface area contributed by atoms with E-state index in [0.29, 0.717) is 5.02 Å². The van der Waals surface area contributed by atoms with Crippen LogP contribution in [-0.2, 0) is 11.3 Å². The highest BCUT2D eigenvalue weighted by atomic mass is 35.5. The minimum Gasteiger partial charge on any atom is -0.358 e. The summed E-state index contributed by atoms with van der Waals surface area (Å²) in [5.74, 6) is -0.0830. The molecule has 1 amide bonds. The maximum absolute atomic E-state index is 11.8. The molecule has 0 saturated heterocycles. The minimum absolute atomic E-state index is 0.0830. The first kappa shape index (κ1) is 15.2. The van der Waals surface area contributed by atoms with Crippen molar-refractivity contribution >= 4 is 17.5 Å². The Bertz CT molecular complexity index is 812. The van der Waals surface area contributed by atoms with Crippen molar-refractivity contribution in [3.63, 3.8) is 0 Å². The first-order valence-corrected chi connectivity index (χ1v) is 7.49. The normalized spacial score (nSPS) is 10.5. The molecule has 0 aliphatic carbocycles. The zero-order valence-corrected chi connectivity index (χ0v) is 13.3. The van der Waals surface area contributed by atoms with Crippen molar-refractivity contribution in [1.29, 1.82) is 0 Å². The van der Waals surface area contributed by atoms with Crippen LogP contribution in [0.15, 0.2) is 55.1 Å². The number of carbonyl (C=O) groups excluding carboxylic acids is 1. The van der Waals surface area contributed by atoms with Crippen LogP contribution in [0, 0.1) is 0 Å². The Kier molecular flexibility index (Phi) is 4.39. The highest BCUT2D eigenvalue weighted by Gasteiger charge is 2.16. The molecule has 23 heavy (non-hydrogen) atoms. The van der Waals surface area contributed by atoms with Crippen LogP contribution in [0.2, 0.25) is 5.02 Å². The molecule has 3 aromatic rings. The number of aromatic nitrogens is 3. The first-order chi connectivity index (χ1) is 11.2. The quantitative estimate of drug-likeness (QED) is 0.801. The van der Waals surface area contributed by atoms with Gasteiger partial charge < -0.3 is 9.88 Å². The van der Waals surface area contributed by atoms with Gasteiger partial charge in [-0.05, 0) is 24.3 Å². The lowest BCUT2D eigenvalue weighted by Gasteiger charge is -2.10. The molecule has 0 aliphatic heterocycles. The molecule has 0 aliphatic rings. The van der Waals surface area contributed by atoms with E-state index in [-0.39, 0.29) is 12.5 Å². The monoisotopic (exact) mass is 326 g/mol. The van der Waals surface area contributed by atoms with E-state index in [0.717, 1.165) is 22.5 Å². The van der Waals surface area contributed by atoms with E-state index in [4.69, 9.17) is 11.6 Å². The van der Waals surface area contributed by atoms with Crippen LogP contribution in [0.4, 0.5) is 0 Å². The van der Waals surface area contributed by atoms with Crippen LogP contribution in [0.5, 0.6) is 0 Å². The lowest BCUT2D eigenvalue weighted by atomic mass is 10.1. The average Bonchev–Trinajstić information content (AvgIpc) is 2.99. The number of nitrogens with one attached hydrogen (secondary N) is 1. The number of likely N-dealkylation sites (N-methyl/N-ethyl adjacent to an activating group) is 1. The van der Waals surface area contributed by atoms with Crippen LogP contribution < -0.4 is 5.32 Å². The second-order valence-corrected chi connectivity index (χ2v) is 5.42. The molecule has 2 aromatic heterocycles. The second-order valence-electron chi connectivity index (χ2n) is 4.99. The molecule has 0 saturated carbocycles. The number of benzene rings is 1. The first-order valence-electron chi connectivity index (χ1n) is 7.11. The molecule has 0 unspecified atom stereocenters. The van der Waals surface area contributed by atoms with Crippen molar-refractivity contribution in [2.24, 2.45) is 0 Å². The van der Waals surface area contributed by atoms with Crippen molar-refractivity contribution in [2.75, 3.05) is 7.05 Å². The Morgan fingerprint density at radius 1 is 1.13 bits per heavy atom. The van der Waals surface area contributed by atoms with Gasteiger partial charge in [-0.1, -0.05) is 23.7 Å². The van der Waals surface area contributed by atoms with E-state index >= 15 is 0 Å². The predicted octanol–water partition coefficient (Wildman–Crippen LogP) is 3.01. The van der Waals surface area contributed by atoms with Crippen molar-refractivity contribution in [3.8, 4) is 22.5 Å². The van der Waals surface area contributed by atoms with Crippen molar-refractivity contribution in [3.05, 3.63) is 60.1 Å². The molecule has 0 atom stereocenters. The third-order valence-electron chi connectivity index (χ3n) is 3.50. The van der Waals surface area contributed by atoms with Gasteiger partial charge >= 0.3 is 0 Å². The summed E-state index contributed by atoms with van der Waals surface area (Å²) in [6.07, 6.45) is 5.12. The SMILES string of the molecule is CNC(=O)Cn1cnc(-c2ccc(Cl)cc2)c1-c1ccncc1. The van der Waals surface area contributed by atoms with Gasteiger partial charge in [0.25, 0.3) is 0 Å². The Labute approximate surface area is 139 Å². The van der Waals surface area contributed by atoms with E-state index < -0.39 is 0 Å². The summed E-state index contributed by atoms with van der Waals surface area (Å²) in [6, 6.07) is 11.3. The molecule has 1 aromatic carbocycles. The third kappa shape index (κ3) is 3.24. The molecule has 116 valence electrons. The number of imidazole rings is 1. The average molecular weight is 327 g/mol. The van der Waals surface area contributed by atoms with Crippen LogP contribution in [-0.4, -0.2) is 27.5 Å². The van der Waals surface area contributed by atoms with Crippen LogP contribution in [0.3, 0.4) is 0 Å². The van der Waals surface area contributed by atoms with Gasteiger partial charge in [-0.25, -0.2) is 4.98 Å². The Hall–Kier alpha value is -2.66. The van der Waals surface area contributed by atoms with Crippen molar-refractivity contribution in [1.82, 2.24) is 19.9 Å². The van der Waals surface area contributed by atoms with E-state index in [1.54, 1.807) is 25.8 Å². The maximum Gasteiger partial charge on any atom is 0.239 e. The lowest BCUT2D eigenvalue weighted by Crippen LogP contribution is -2.23. The van der Waals surface area contributed by atoms with E-state index in [9.17, 15) is 4.79 Å². The second kappa shape index (κ2) is 6.62. The number of rotatable bonds is 4. The zero-order valence-electron chi connectivity index (χ0n) is 12.5. The Balaban J connectivity index is 2.13. The summed E-state index contributed by atoms with van der Waals surface area (Å²) in [5.41, 5.74) is 3.57. The summed E-state index contributed by atoms with van der Waals surface area (Å²) < 4.78 is 1.83. The molecule has 3 rings (SSSR count). The summed E-state index contributed by atoms with van der Waals surface area (Å²) in [7, 11) is 1.62. The fraction of sp³-hybridized carbons (Fsp3) is 0.118. The molecule has 0 radical (unpaired) electrons. The number of nitrogens with zero attached hydrogens (tertiary/aromatic N) is 3. The molecule has 0 bridgehead atoms. The fourth-order valence-electron chi connectivity index (χ4n) is 2.37. The predicted molar refractivity (Wildman–Crippen MR) is 90.0 cm³/mol. The number of hydrogen-bond acceptors (Lipinski definition) is 3. The molecular formula is C17H15ClN4O. The van der Waals surface area contributed by atoms with Gasteiger partial charge in [0.2, 0.25) is 5.91 Å². The molecule has 5 nitrogen and oxygen atoms in total. The minimum atomic E-state index is -0.0830. The van der Waals surface area contributed by atoms with Gasteiger partial charge in [0.15, 0.2) is 0 Å². The number of hydrogen-bond donors (Lipinski definition) is 1. The summed E-state index contributed by atoms with van der Waals surface area (Å²) >= 11 is 5.96. The van der Waals surface area contributed by atoms with Crippen molar-refractivity contribution < 1.29 is 4.79 Å². The zero-order chi connectivity index (χ0) is 16.2. The van der Waals surface area contributed by atoms with E-state index in [2.05, 4.69) is 15.3 Å². The summed E-state index contributed by atoms with van der Waals surface area (Å²) in [6.45, 7) is 0.203. The van der Waals surface area contributed by atoms with Crippen LogP contribution in [0.25, 0.3) is 22.5 Å². The molecule has 1 N–H and O–H groups in total. The summed E-state index contributed by atoms with van der Waals surface area (Å²) in [5, 5.41) is 3.30. The van der Waals surface area contributed by atoms with Gasteiger partial charge in [-0.3, -0.25) is 9.78 Å². The van der Waals surface area contributed by atoms with Gasteiger partial charge in [-0.2, -0.15) is 0 Å². The van der Waals surface area contributed by atoms with Gasteiger partial charge in [-0.15, -0.1) is 0 Å². The standard InChI is InChI=1S/C17H15ClN4O/c1-19-15(23)10-22-11-21-16(12-2-4-14(18)5-3-12)17(22)13-6-8-20-9-7-13/h2-9,11H,10H2,1H3,(H,19,23). The largest absolute Gasteiger partial charge is 0.358 e. The Morgan fingerprint density at radius 2 is 1.83 bits per heavy atom. The molecule has 2 heterocycles. The number of amides is 1. The van der Waals surface area contributed by atoms with Gasteiger partial charge in [0.05, 0.1) is 17.7 Å². The van der Waals surface area contributed by atoms with E-state index in [1.807, 2.05) is 41.0 Å². The third-order valence-corrected chi connectivity index (χ3v) is 3.75. The molecule has 0 spiro atoms. The van der Waals surface area contributed by atoms with Gasteiger partial charge in [0, 0.05) is 35.6 Å². The number of pyridine rings is 1. The summed E-state index contributed by atoms with van der Waals surface area (Å²) in [4.78, 5) is 20.3. The smallest absolute Gasteiger partial charge is 0.239 e. The van der Waals surface area contributed by atoms with Crippen molar-refractivity contribution in [2.45, 2.75) is 6.54 Å². The van der Waals surface area contributed by atoms with Crippen LogP contribution >= 0.6 is 11.6 Å². The highest BCUT2D eigenvalue weighted by molar-refractivity contribution is 6.30. The van der Waals surface area contributed by atoms with Gasteiger partial charge in [0.1, 0.15) is 6.54 Å². The number of halogens is 1. The van der Waals surface area contributed by atoms with E-state index in [1.165, 1.54) is 0 Å². The molecular weight excluding hydrogens is 312 g/mol. The lowest BCUT2D eigenvalue weighted by molar-refractivity contribution is -0.121. The maximum atomic E-state index is 11.8. The topological polar surface area (TPSA) is 59.8 Å². The number of carbonyl (C=O) groups is 1. The fourth-order valence-corrected chi connectivity index (χ4v) is 2.49.